The van der Waals surface area contributed by atoms with Gasteiger partial charge in [-0.2, -0.15) is 0 Å². The highest BCUT2D eigenvalue weighted by molar-refractivity contribution is 6.30. The van der Waals surface area contributed by atoms with Gasteiger partial charge in [-0.3, -0.25) is 0 Å². The van der Waals surface area contributed by atoms with E-state index < -0.39 is 6.10 Å². The molecular weight excluding hydrogens is 404 g/mol. The van der Waals surface area contributed by atoms with Crippen LogP contribution in [0.2, 0.25) is 5.02 Å². The standard InChI is InChI=1S/C27H27ClN2O/c1-3-30(4-2)18-26(31)24-17-25(20-13-15-21(28)16-14-20)29-27-22(11-8-12-23(24)27)19-9-6-5-7-10-19/h5-17,26,31H,3-4,18H2,1-2H3/t26-/m1/s1. The number of para-hydroxylation sites is 1. The Hall–Kier alpha value is -2.72. The molecule has 4 heteroatoms. The van der Waals surface area contributed by atoms with Gasteiger partial charge in [0.2, 0.25) is 0 Å². The number of likely N-dealkylation sites (N-methyl/N-ethyl adjacent to an activating group) is 1. The van der Waals surface area contributed by atoms with Gasteiger partial charge in [-0.25, -0.2) is 4.98 Å². The number of aliphatic hydroxyl groups is 1. The molecule has 1 heterocycles. The first-order valence-corrected chi connectivity index (χ1v) is 11.1. The van der Waals surface area contributed by atoms with E-state index in [4.69, 9.17) is 16.6 Å². The van der Waals surface area contributed by atoms with E-state index >= 15 is 0 Å². The van der Waals surface area contributed by atoms with Crippen molar-refractivity contribution in [2.45, 2.75) is 20.0 Å². The number of rotatable bonds is 7. The maximum atomic E-state index is 11.2. The van der Waals surface area contributed by atoms with Crippen molar-refractivity contribution < 1.29 is 5.11 Å². The summed E-state index contributed by atoms with van der Waals surface area (Å²) in [6.45, 7) is 6.62. The fraction of sp³-hybridized carbons (Fsp3) is 0.222. The third-order valence-corrected chi connectivity index (χ3v) is 6.03. The van der Waals surface area contributed by atoms with E-state index in [2.05, 4.69) is 43.0 Å². The van der Waals surface area contributed by atoms with E-state index in [-0.39, 0.29) is 0 Å². The Bertz CT molecular complexity index is 1160. The van der Waals surface area contributed by atoms with Crippen molar-refractivity contribution in [2.24, 2.45) is 0 Å². The second-order valence-electron chi connectivity index (χ2n) is 7.67. The first-order chi connectivity index (χ1) is 15.1. The Balaban J connectivity index is 1.93. The van der Waals surface area contributed by atoms with Gasteiger partial charge in [0.1, 0.15) is 0 Å². The molecule has 1 aromatic heterocycles. The van der Waals surface area contributed by atoms with Gasteiger partial charge in [-0.15, -0.1) is 0 Å². The number of nitrogens with zero attached hydrogens (tertiary/aromatic N) is 2. The molecule has 0 radical (unpaired) electrons. The third-order valence-electron chi connectivity index (χ3n) is 5.78. The van der Waals surface area contributed by atoms with Crippen LogP contribution in [-0.2, 0) is 0 Å². The molecule has 0 amide bonds. The van der Waals surface area contributed by atoms with E-state index in [1.54, 1.807) is 0 Å². The minimum absolute atomic E-state index is 0.585. The van der Waals surface area contributed by atoms with Gasteiger partial charge >= 0.3 is 0 Å². The van der Waals surface area contributed by atoms with Crippen LogP contribution < -0.4 is 0 Å². The normalized spacial score (nSPS) is 12.4. The van der Waals surface area contributed by atoms with Gasteiger partial charge in [0.05, 0.1) is 17.3 Å². The Morgan fingerprint density at radius 3 is 2.26 bits per heavy atom. The van der Waals surface area contributed by atoms with Crippen molar-refractivity contribution in [3.8, 4) is 22.4 Å². The fourth-order valence-corrected chi connectivity index (χ4v) is 4.12. The third kappa shape index (κ3) is 4.64. The molecule has 31 heavy (non-hydrogen) atoms. The van der Waals surface area contributed by atoms with Crippen molar-refractivity contribution in [2.75, 3.05) is 19.6 Å². The molecule has 1 atom stereocenters. The molecule has 0 aliphatic rings. The summed E-state index contributed by atoms with van der Waals surface area (Å²) in [4.78, 5) is 7.28. The number of fused-ring (bicyclic) bond motifs is 1. The summed E-state index contributed by atoms with van der Waals surface area (Å²) in [5.74, 6) is 0. The smallest absolute Gasteiger partial charge is 0.0924 e. The minimum atomic E-state index is -0.609. The Kier molecular flexibility index (Phi) is 6.67. The summed E-state index contributed by atoms with van der Waals surface area (Å²) in [5, 5.41) is 12.9. The molecule has 0 aliphatic carbocycles. The molecule has 0 unspecified atom stereocenters. The number of aliphatic hydroxyl groups excluding tert-OH is 1. The summed E-state index contributed by atoms with van der Waals surface area (Å²) in [6, 6.07) is 26.2. The van der Waals surface area contributed by atoms with E-state index in [0.29, 0.717) is 11.6 Å². The van der Waals surface area contributed by atoms with E-state index in [1.165, 1.54) is 0 Å². The Labute approximate surface area is 188 Å². The molecular formula is C27H27ClN2O. The first kappa shape index (κ1) is 21.5. The summed E-state index contributed by atoms with van der Waals surface area (Å²) < 4.78 is 0. The fourth-order valence-electron chi connectivity index (χ4n) is 3.99. The quantitative estimate of drug-likeness (QED) is 0.359. The minimum Gasteiger partial charge on any atom is -0.387 e. The van der Waals surface area contributed by atoms with Crippen molar-refractivity contribution in [3.63, 3.8) is 0 Å². The Morgan fingerprint density at radius 2 is 1.58 bits per heavy atom. The zero-order valence-electron chi connectivity index (χ0n) is 17.9. The molecule has 1 N–H and O–H groups in total. The van der Waals surface area contributed by atoms with Crippen LogP contribution in [0.15, 0.2) is 78.9 Å². The van der Waals surface area contributed by atoms with E-state index in [1.807, 2.05) is 54.6 Å². The maximum absolute atomic E-state index is 11.2. The zero-order valence-corrected chi connectivity index (χ0v) is 18.7. The number of hydrogen-bond acceptors (Lipinski definition) is 3. The highest BCUT2D eigenvalue weighted by Gasteiger charge is 2.18. The average Bonchev–Trinajstić information content (AvgIpc) is 2.82. The van der Waals surface area contributed by atoms with Gasteiger partial charge in [0, 0.05) is 28.1 Å². The lowest BCUT2D eigenvalue weighted by Crippen LogP contribution is -2.28. The second-order valence-corrected chi connectivity index (χ2v) is 8.11. The van der Waals surface area contributed by atoms with Crippen molar-refractivity contribution in [3.05, 3.63) is 89.4 Å². The molecule has 0 saturated carbocycles. The van der Waals surface area contributed by atoms with Crippen LogP contribution in [0.5, 0.6) is 0 Å². The summed E-state index contributed by atoms with van der Waals surface area (Å²) in [6.07, 6.45) is -0.609. The van der Waals surface area contributed by atoms with Gasteiger partial charge < -0.3 is 10.0 Å². The van der Waals surface area contributed by atoms with Gasteiger partial charge in [-0.05, 0) is 42.4 Å². The van der Waals surface area contributed by atoms with Crippen LogP contribution in [0, 0.1) is 0 Å². The molecule has 3 aromatic carbocycles. The van der Waals surface area contributed by atoms with Crippen LogP contribution in [-0.4, -0.2) is 34.6 Å². The highest BCUT2D eigenvalue weighted by atomic mass is 35.5. The largest absolute Gasteiger partial charge is 0.387 e. The SMILES string of the molecule is CCN(CC)C[C@@H](O)c1cc(-c2ccc(Cl)cc2)nc2c(-c3ccccc3)cccc12. The van der Waals surface area contributed by atoms with Crippen LogP contribution >= 0.6 is 11.6 Å². The van der Waals surface area contributed by atoms with Crippen LogP contribution in [0.1, 0.15) is 25.5 Å². The lowest BCUT2D eigenvalue weighted by atomic mass is 9.95. The number of aromatic nitrogens is 1. The molecule has 0 fully saturated rings. The monoisotopic (exact) mass is 430 g/mol. The molecule has 0 bridgehead atoms. The van der Waals surface area contributed by atoms with E-state index in [0.717, 1.165) is 51.9 Å². The molecule has 4 rings (SSSR count). The highest BCUT2D eigenvalue weighted by Crippen LogP contribution is 2.35. The maximum Gasteiger partial charge on any atom is 0.0924 e. The van der Waals surface area contributed by atoms with Gasteiger partial charge in [0.15, 0.2) is 0 Å². The summed E-state index contributed by atoms with van der Waals surface area (Å²) >= 11 is 6.10. The van der Waals surface area contributed by atoms with E-state index in [9.17, 15) is 5.11 Å². The number of pyridine rings is 1. The Morgan fingerprint density at radius 1 is 0.871 bits per heavy atom. The van der Waals surface area contributed by atoms with Crippen LogP contribution in [0.25, 0.3) is 33.3 Å². The van der Waals surface area contributed by atoms with Gasteiger partial charge in [0.25, 0.3) is 0 Å². The molecule has 158 valence electrons. The lowest BCUT2D eigenvalue weighted by molar-refractivity contribution is 0.120. The topological polar surface area (TPSA) is 36.4 Å². The van der Waals surface area contributed by atoms with Crippen molar-refractivity contribution in [1.82, 2.24) is 9.88 Å². The van der Waals surface area contributed by atoms with Gasteiger partial charge in [-0.1, -0.05) is 86.1 Å². The number of benzene rings is 3. The molecule has 0 aliphatic heterocycles. The zero-order chi connectivity index (χ0) is 21.8. The van der Waals surface area contributed by atoms with Crippen molar-refractivity contribution >= 4 is 22.5 Å². The summed E-state index contributed by atoms with van der Waals surface area (Å²) in [5.41, 5.74) is 5.78. The lowest BCUT2D eigenvalue weighted by Gasteiger charge is -2.23. The molecule has 4 aromatic rings. The molecule has 0 saturated heterocycles. The number of halogens is 1. The average molecular weight is 431 g/mol. The predicted molar refractivity (Wildman–Crippen MR) is 130 cm³/mol. The van der Waals surface area contributed by atoms with Crippen LogP contribution in [0.4, 0.5) is 0 Å². The predicted octanol–water partition coefficient (Wildman–Crippen LogP) is 6.60. The summed E-state index contributed by atoms with van der Waals surface area (Å²) in [7, 11) is 0. The molecule has 3 nitrogen and oxygen atoms in total. The van der Waals surface area contributed by atoms with Crippen LogP contribution in [0.3, 0.4) is 0 Å². The molecule has 0 spiro atoms. The second kappa shape index (κ2) is 9.61. The first-order valence-electron chi connectivity index (χ1n) is 10.8. The number of hydrogen-bond donors (Lipinski definition) is 1. The van der Waals surface area contributed by atoms with Crippen molar-refractivity contribution in [1.29, 1.82) is 0 Å².